The molecule has 1 atom stereocenters. The van der Waals surface area contributed by atoms with Crippen molar-refractivity contribution in [3.05, 3.63) is 58.3 Å². The monoisotopic (exact) mass is 324 g/mol. The van der Waals surface area contributed by atoms with Crippen LogP contribution in [0.4, 0.5) is 4.39 Å². The van der Waals surface area contributed by atoms with E-state index in [9.17, 15) is 9.50 Å². The maximum atomic E-state index is 13.1. The summed E-state index contributed by atoms with van der Waals surface area (Å²) in [5, 5.41) is 9.69. The Kier molecular flexibility index (Phi) is 4.56. The minimum absolute atomic E-state index is 0.325. The predicted molar refractivity (Wildman–Crippen MR) is 75.9 cm³/mol. The summed E-state index contributed by atoms with van der Waals surface area (Å²) < 4.78 is 19.1. The SMILES string of the molecule is CC[C@@H](O)c1ccc(Oc2ccc(F)c(Br)c2)cc1. The lowest BCUT2D eigenvalue weighted by Gasteiger charge is -2.10. The standard InChI is InChI=1S/C15H14BrFO2/c1-2-15(18)10-3-5-11(6-4-10)19-12-7-8-14(17)13(16)9-12/h3-9,15,18H,2H2,1H3/t15-/m1/s1. The maximum absolute atomic E-state index is 13.1. The number of ether oxygens (including phenoxy) is 1. The summed E-state index contributed by atoms with van der Waals surface area (Å²) in [7, 11) is 0. The van der Waals surface area contributed by atoms with Crippen LogP contribution in [0.1, 0.15) is 25.0 Å². The first-order valence-corrected chi connectivity index (χ1v) is 6.80. The first-order valence-electron chi connectivity index (χ1n) is 6.01. The van der Waals surface area contributed by atoms with Crippen molar-refractivity contribution in [3.8, 4) is 11.5 Å². The van der Waals surface area contributed by atoms with E-state index in [1.54, 1.807) is 24.3 Å². The third-order valence-corrected chi connectivity index (χ3v) is 3.39. The number of aliphatic hydroxyl groups excluding tert-OH is 1. The van der Waals surface area contributed by atoms with E-state index in [0.717, 1.165) is 5.56 Å². The van der Waals surface area contributed by atoms with Crippen molar-refractivity contribution >= 4 is 15.9 Å². The van der Waals surface area contributed by atoms with Crippen LogP contribution < -0.4 is 4.74 Å². The van der Waals surface area contributed by atoms with Gasteiger partial charge in [0.1, 0.15) is 17.3 Å². The Balaban J connectivity index is 2.12. The lowest BCUT2D eigenvalue weighted by Crippen LogP contribution is -1.94. The average Bonchev–Trinajstić information content (AvgIpc) is 2.43. The Hall–Kier alpha value is -1.39. The molecule has 0 amide bonds. The molecule has 100 valence electrons. The minimum atomic E-state index is -0.450. The lowest BCUT2D eigenvalue weighted by atomic mass is 10.1. The van der Waals surface area contributed by atoms with Crippen LogP contribution in [0.25, 0.3) is 0 Å². The molecule has 0 saturated carbocycles. The molecule has 0 heterocycles. The van der Waals surface area contributed by atoms with Crippen LogP contribution >= 0.6 is 15.9 Å². The summed E-state index contributed by atoms with van der Waals surface area (Å²) in [4.78, 5) is 0. The molecule has 0 aliphatic carbocycles. The minimum Gasteiger partial charge on any atom is -0.457 e. The molecular weight excluding hydrogens is 311 g/mol. The molecule has 1 N–H and O–H groups in total. The highest BCUT2D eigenvalue weighted by atomic mass is 79.9. The van der Waals surface area contributed by atoms with Crippen molar-refractivity contribution in [2.75, 3.05) is 0 Å². The lowest BCUT2D eigenvalue weighted by molar-refractivity contribution is 0.173. The van der Waals surface area contributed by atoms with Crippen LogP contribution in [0.5, 0.6) is 11.5 Å². The van der Waals surface area contributed by atoms with E-state index in [1.165, 1.54) is 6.07 Å². The van der Waals surface area contributed by atoms with E-state index in [4.69, 9.17) is 4.74 Å². The molecule has 0 fully saturated rings. The first kappa shape index (κ1) is 14.0. The van der Waals surface area contributed by atoms with Gasteiger partial charge in [-0.1, -0.05) is 19.1 Å². The fourth-order valence-electron chi connectivity index (χ4n) is 1.67. The van der Waals surface area contributed by atoms with Gasteiger partial charge in [-0.2, -0.15) is 0 Å². The number of hydrogen-bond acceptors (Lipinski definition) is 2. The fraction of sp³-hybridized carbons (Fsp3) is 0.200. The van der Waals surface area contributed by atoms with Crippen LogP contribution in [0, 0.1) is 5.82 Å². The molecule has 2 aromatic carbocycles. The highest BCUT2D eigenvalue weighted by molar-refractivity contribution is 9.10. The molecule has 0 aliphatic rings. The van der Waals surface area contributed by atoms with E-state index in [1.807, 2.05) is 19.1 Å². The Bertz CT molecular complexity index is 555. The molecule has 0 saturated heterocycles. The van der Waals surface area contributed by atoms with Gasteiger partial charge in [0.15, 0.2) is 0 Å². The normalized spacial score (nSPS) is 12.2. The molecule has 0 radical (unpaired) electrons. The van der Waals surface area contributed by atoms with Crippen LogP contribution in [0.2, 0.25) is 0 Å². The topological polar surface area (TPSA) is 29.5 Å². The van der Waals surface area contributed by atoms with Gasteiger partial charge in [-0.25, -0.2) is 4.39 Å². The number of aliphatic hydroxyl groups is 1. The van der Waals surface area contributed by atoms with E-state index in [0.29, 0.717) is 22.4 Å². The van der Waals surface area contributed by atoms with E-state index in [2.05, 4.69) is 15.9 Å². The summed E-state index contributed by atoms with van der Waals surface area (Å²) in [5.41, 5.74) is 0.857. The predicted octanol–water partition coefficient (Wildman–Crippen LogP) is 4.82. The average molecular weight is 325 g/mol. The molecule has 0 bridgehead atoms. The van der Waals surface area contributed by atoms with Crippen molar-refractivity contribution in [2.45, 2.75) is 19.4 Å². The van der Waals surface area contributed by atoms with Gasteiger partial charge in [0.05, 0.1) is 10.6 Å². The second kappa shape index (κ2) is 6.17. The van der Waals surface area contributed by atoms with Crippen LogP contribution in [0.3, 0.4) is 0 Å². The van der Waals surface area contributed by atoms with Gasteiger partial charge in [-0.15, -0.1) is 0 Å². The zero-order chi connectivity index (χ0) is 13.8. The smallest absolute Gasteiger partial charge is 0.137 e. The highest BCUT2D eigenvalue weighted by Crippen LogP contribution is 2.27. The first-order chi connectivity index (χ1) is 9.10. The molecule has 0 aliphatic heterocycles. The van der Waals surface area contributed by atoms with Gasteiger partial charge in [-0.3, -0.25) is 0 Å². The zero-order valence-corrected chi connectivity index (χ0v) is 12.0. The second-order valence-electron chi connectivity index (χ2n) is 4.17. The Morgan fingerprint density at radius 1 is 1.16 bits per heavy atom. The van der Waals surface area contributed by atoms with Crippen LogP contribution in [-0.2, 0) is 0 Å². The quantitative estimate of drug-likeness (QED) is 0.873. The van der Waals surface area contributed by atoms with Crippen LogP contribution in [-0.4, -0.2) is 5.11 Å². The maximum Gasteiger partial charge on any atom is 0.137 e. The van der Waals surface area contributed by atoms with Crippen molar-refractivity contribution in [1.82, 2.24) is 0 Å². The van der Waals surface area contributed by atoms with E-state index >= 15 is 0 Å². The van der Waals surface area contributed by atoms with Gasteiger partial charge in [0.25, 0.3) is 0 Å². The van der Waals surface area contributed by atoms with Gasteiger partial charge >= 0.3 is 0 Å². The van der Waals surface area contributed by atoms with Gasteiger partial charge in [0.2, 0.25) is 0 Å². The van der Waals surface area contributed by atoms with Crippen LogP contribution in [0.15, 0.2) is 46.9 Å². The molecule has 0 aromatic heterocycles. The third-order valence-electron chi connectivity index (χ3n) is 2.78. The summed E-state index contributed by atoms with van der Waals surface area (Å²) in [5.74, 6) is 0.872. The van der Waals surface area contributed by atoms with Gasteiger partial charge in [-0.05, 0) is 58.2 Å². The van der Waals surface area contributed by atoms with E-state index in [-0.39, 0.29) is 5.82 Å². The highest BCUT2D eigenvalue weighted by Gasteiger charge is 2.06. The summed E-state index contributed by atoms with van der Waals surface area (Å²) in [6.45, 7) is 1.92. The van der Waals surface area contributed by atoms with Crippen molar-refractivity contribution in [3.63, 3.8) is 0 Å². The third kappa shape index (κ3) is 3.55. The Morgan fingerprint density at radius 3 is 2.37 bits per heavy atom. The number of rotatable bonds is 4. The number of halogens is 2. The fourth-order valence-corrected chi connectivity index (χ4v) is 2.03. The molecule has 4 heteroatoms. The Morgan fingerprint density at radius 2 is 1.79 bits per heavy atom. The van der Waals surface area contributed by atoms with Crippen molar-refractivity contribution in [2.24, 2.45) is 0 Å². The number of benzene rings is 2. The van der Waals surface area contributed by atoms with Gasteiger partial charge in [0, 0.05) is 0 Å². The van der Waals surface area contributed by atoms with Gasteiger partial charge < -0.3 is 9.84 Å². The largest absolute Gasteiger partial charge is 0.457 e. The molecular formula is C15H14BrFO2. The molecule has 2 rings (SSSR count). The molecule has 0 spiro atoms. The Labute approximate surface area is 120 Å². The molecule has 0 unspecified atom stereocenters. The molecule has 2 nitrogen and oxygen atoms in total. The zero-order valence-electron chi connectivity index (χ0n) is 10.4. The van der Waals surface area contributed by atoms with E-state index < -0.39 is 6.10 Å². The summed E-state index contributed by atoms with van der Waals surface area (Å²) in [6.07, 6.45) is 0.222. The van der Waals surface area contributed by atoms with Crippen molar-refractivity contribution < 1.29 is 14.2 Å². The van der Waals surface area contributed by atoms with Crippen molar-refractivity contribution in [1.29, 1.82) is 0 Å². The molecule has 19 heavy (non-hydrogen) atoms. The summed E-state index contributed by atoms with van der Waals surface area (Å²) >= 11 is 3.11. The molecule has 2 aromatic rings. The second-order valence-corrected chi connectivity index (χ2v) is 5.03. The number of hydrogen-bond donors (Lipinski definition) is 1. The summed E-state index contributed by atoms with van der Waals surface area (Å²) in [6, 6.07) is 11.7.